The van der Waals surface area contributed by atoms with Crippen molar-refractivity contribution in [2.75, 3.05) is 18.5 Å². The molecule has 162 valence electrons. The summed E-state index contributed by atoms with van der Waals surface area (Å²) in [6.45, 7) is 2.22. The van der Waals surface area contributed by atoms with Gasteiger partial charge in [-0.2, -0.15) is 0 Å². The van der Waals surface area contributed by atoms with Gasteiger partial charge in [-0.1, -0.05) is 49.4 Å². The van der Waals surface area contributed by atoms with Crippen LogP contribution in [-0.4, -0.2) is 37.4 Å². The molecule has 0 radical (unpaired) electrons. The number of esters is 1. The number of hydrogen-bond donors (Lipinski definition) is 2. The number of hydrogen-bond acceptors (Lipinski definition) is 5. The van der Waals surface area contributed by atoms with Crippen LogP contribution in [0.4, 0.5) is 10.5 Å². The maximum Gasteiger partial charge on any atom is 0.321 e. The van der Waals surface area contributed by atoms with Crippen LogP contribution in [0, 0.1) is 5.92 Å². The van der Waals surface area contributed by atoms with E-state index in [1.165, 1.54) is 7.05 Å². The number of ether oxygens (including phenoxy) is 1. The van der Waals surface area contributed by atoms with E-state index in [0.717, 1.165) is 17.7 Å². The number of amides is 4. The molecular weight excluding hydrogens is 398 g/mol. The molecule has 2 N–H and O–H groups in total. The number of nitrogens with zero attached hydrogens (tertiary/aromatic N) is 1. The molecule has 1 aliphatic heterocycles. The molecule has 1 fully saturated rings. The van der Waals surface area contributed by atoms with Gasteiger partial charge >= 0.3 is 12.0 Å². The van der Waals surface area contributed by atoms with E-state index >= 15 is 0 Å². The van der Waals surface area contributed by atoms with Crippen molar-refractivity contribution in [2.45, 2.75) is 25.9 Å². The van der Waals surface area contributed by atoms with Gasteiger partial charge in [-0.05, 0) is 24.1 Å². The summed E-state index contributed by atoms with van der Waals surface area (Å²) in [5, 5.41) is 4.42. The Morgan fingerprint density at radius 2 is 1.77 bits per heavy atom. The molecule has 8 nitrogen and oxygen atoms in total. The third-order valence-corrected chi connectivity index (χ3v) is 5.15. The molecule has 0 bridgehead atoms. The molecule has 1 saturated heterocycles. The summed E-state index contributed by atoms with van der Waals surface area (Å²) in [5.41, 5.74) is 2.29. The van der Waals surface area contributed by atoms with E-state index < -0.39 is 29.9 Å². The second-order valence-corrected chi connectivity index (χ2v) is 7.22. The lowest BCUT2D eigenvalue weighted by atomic mass is 10.1. The Bertz CT molecular complexity index is 959. The quantitative estimate of drug-likeness (QED) is 0.694. The summed E-state index contributed by atoms with van der Waals surface area (Å²) in [4.78, 5) is 51.0. The first-order valence-corrected chi connectivity index (χ1v) is 10.1. The minimum atomic E-state index is -1.31. The predicted octanol–water partition coefficient (Wildman–Crippen LogP) is 2.34. The number of nitrogens with one attached hydrogen (secondary N) is 2. The highest BCUT2D eigenvalue weighted by molar-refractivity contribution is 6.01. The Hall–Kier alpha value is -3.68. The first-order chi connectivity index (χ1) is 14.9. The number of anilines is 1. The number of aryl methyl sites for hydroxylation is 1. The molecule has 0 unspecified atom stereocenters. The zero-order valence-electron chi connectivity index (χ0n) is 17.5. The second-order valence-electron chi connectivity index (χ2n) is 7.22. The highest BCUT2D eigenvalue weighted by atomic mass is 16.5. The minimum absolute atomic E-state index is 0.00701. The summed E-state index contributed by atoms with van der Waals surface area (Å²) >= 11 is 0. The Morgan fingerprint density at radius 3 is 2.39 bits per heavy atom. The van der Waals surface area contributed by atoms with Crippen molar-refractivity contribution in [3.63, 3.8) is 0 Å². The largest absolute Gasteiger partial charge is 0.447 e. The van der Waals surface area contributed by atoms with Crippen LogP contribution in [0.25, 0.3) is 0 Å². The van der Waals surface area contributed by atoms with Gasteiger partial charge in [0.2, 0.25) is 12.0 Å². The number of imide groups is 1. The van der Waals surface area contributed by atoms with E-state index in [-0.39, 0.29) is 18.9 Å². The van der Waals surface area contributed by atoms with Gasteiger partial charge in [-0.3, -0.25) is 19.7 Å². The Kier molecular flexibility index (Phi) is 7.02. The zero-order valence-corrected chi connectivity index (χ0v) is 17.5. The summed E-state index contributed by atoms with van der Waals surface area (Å²) in [7, 11) is 1.37. The van der Waals surface area contributed by atoms with E-state index in [4.69, 9.17) is 4.74 Å². The average Bonchev–Trinajstić information content (AvgIpc) is 3.19. The van der Waals surface area contributed by atoms with Gasteiger partial charge in [-0.15, -0.1) is 0 Å². The molecule has 0 spiro atoms. The van der Waals surface area contributed by atoms with E-state index in [1.807, 2.05) is 31.2 Å². The monoisotopic (exact) mass is 423 g/mol. The van der Waals surface area contributed by atoms with E-state index in [0.29, 0.717) is 5.56 Å². The number of carbonyl (C=O) groups is 4. The van der Waals surface area contributed by atoms with Crippen molar-refractivity contribution in [3.05, 3.63) is 65.7 Å². The van der Waals surface area contributed by atoms with Gasteiger partial charge in [0.15, 0.2) is 0 Å². The molecule has 1 aliphatic rings. The molecule has 3 rings (SSSR count). The first-order valence-electron chi connectivity index (χ1n) is 10.1. The fourth-order valence-corrected chi connectivity index (χ4v) is 3.38. The second kappa shape index (κ2) is 9.88. The van der Waals surface area contributed by atoms with Gasteiger partial charge in [0.1, 0.15) is 0 Å². The smallest absolute Gasteiger partial charge is 0.321 e. The van der Waals surface area contributed by atoms with Gasteiger partial charge in [0.05, 0.1) is 5.92 Å². The van der Waals surface area contributed by atoms with Crippen molar-refractivity contribution < 1.29 is 23.9 Å². The van der Waals surface area contributed by atoms with E-state index in [9.17, 15) is 19.2 Å². The molecule has 0 aromatic heterocycles. The van der Waals surface area contributed by atoms with Crippen LogP contribution in [0.1, 0.15) is 30.6 Å². The van der Waals surface area contributed by atoms with Crippen molar-refractivity contribution >= 4 is 29.5 Å². The maximum atomic E-state index is 12.8. The summed E-state index contributed by atoms with van der Waals surface area (Å²) in [6.07, 6.45) is -0.422. The lowest BCUT2D eigenvalue weighted by molar-refractivity contribution is -0.159. The van der Waals surface area contributed by atoms with Crippen LogP contribution < -0.4 is 15.5 Å². The minimum Gasteiger partial charge on any atom is -0.447 e. The van der Waals surface area contributed by atoms with Crippen molar-refractivity contribution in [1.82, 2.24) is 10.6 Å². The lowest BCUT2D eigenvalue weighted by Crippen LogP contribution is -2.41. The molecule has 31 heavy (non-hydrogen) atoms. The molecular formula is C23H25N3O5. The Labute approximate surface area is 180 Å². The topological polar surface area (TPSA) is 105 Å². The highest BCUT2D eigenvalue weighted by Gasteiger charge is 2.38. The molecule has 8 heteroatoms. The third-order valence-electron chi connectivity index (χ3n) is 5.15. The number of rotatable bonds is 6. The fraction of sp³-hybridized carbons (Fsp3) is 0.304. The summed E-state index contributed by atoms with van der Waals surface area (Å²) in [6, 6.07) is 15.3. The lowest BCUT2D eigenvalue weighted by Gasteiger charge is -2.20. The van der Waals surface area contributed by atoms with E-state index in [1.54, 1.807) is 35.2 Å². The zero-order chi connectivity index (χ0) is 22.4. The fourth-order valence-electron chi connectivity index (χ4n) is 3.38. The van der Waals surface area contributed by atoms with E-state index in [2.05, 4.69) is 10.6 Å². The normalized spacial score (nSPS) is 16.5. The number of carbonyl (C=O) groups excluding carboxylic acids is 4. The molecule has 2 aromatic rings. The SMILES string of the molecule is CCc1ccc(N2C[C@@H](C(=O)O[C@@H](C(=O)NC(=O)NC)c3ccccc3)CC2=O)cc1. The van der Waals surface area contributed by atoms with Crippen LogP contribution in [0.2, 0.25) is 0 Å². The van der Waals surface area contributed by atoms with Gasteiger partial charge < -0.3 is 15.0 Å². The van der Waals surface area contributed by atoms with Crippen LogP contribution in [0.5, 0.6) is 0 Å². The maximum absolute atomic E-state index is 12.8. The van der Waals surface area contributed by atoms with Crippen molar-refractivity contribution in [2.24, 2.45) is 5.92 Å². The highest BCUT2D eigenvalue weighted by Crippen LogP contribution is 2.28. The van der Waals surface area contributed by atoms with Crippen molar-refractivity contribution in [3.8, 4) is 0 Å². The predicted molar refractivity (Wildman–Crippen MR) is 114 cm³/mol. The van der Waals surface area contributed by atoms with Crippen LogP contribution in [0.15, 0.2) is 54.6 Å². The van der Waals surface area contributed by atoms with Gasteiger partial charge in [0, 0.05) is 31.3 Å². The van der Waals surface area contributed by atoms with Gasteiger partial charge in [0.25, 0.3) is 5.91 Å². The molecule has 1 heterocycles. The van der Waals surface area contributed by atoms with Crippen LogP contribution in [-0.2, 0) is 25.5 Å². The Morgan fingerprint density at radius 1 is 1.10 bits per heavy atom. The summed E-state index contributed by atoms with van der Waals surface area (Å²) < 4.78 is 5.49. The number of benzene rings is 2. The molecule has 4 amide bonds. The molecule has 2 atom stereocenters. The van der Waals surface area contributed by atoms with Crippen molar-refractivity contribution in [1.29, 1.82) is 0 Å². The third kappa shape index (κ3) is 5.28. The molecule has 2 aromatic carbocycles. The molecule has 0 saturated carbocycles. The average molecular weight is 423 g/mol. The van der Waals surface area contributed by atoms with Crippen LogP contribution >= 0.6 is 0 Å². The van der Waals surface area contributed by atoms with Gasteiger partial charge in [-0.25, -0.2) is 4.79 Å². The summed E-state index contributed by atoms with van der Waals surface area (Å²) in [5.74, 6) is -2.33. The van der Waals surface area contributed by atoms with Crippen LogP contribution in [0.3, 0.4) is 0 Å². The Balaban J connectivity index is 1.73. The molecule has 0 aliphatic carbocycles. The first kappa shape index (κ1) is 22.0. The number of urea groups is 1. The standard InChI is InChI=1S/C23H25N3O5/c1-3-15-9-11-18(12-10-15)26-14-17(13-19(26)27)22(29)31-20(16-7-5-4-6-8-16)21(28)25-23(30)24-2/h4-12,17,20H,3,13-14H2,1-2H3,(H2,24,25,28,30)/t17-,20+/m0/s1.